The van der Waals surface area contributed by atoms with Gasteiger partial charge in [0.05, 0.1) is 18.6 Å². The van der Waals surface area contributed by atoms with Crippen LogP contribution >= 0.6 is 0 Å². The zero-order valence-corrected chi connectivity index (χ0v) is 11.9. The van der Waals surface area contributed by atoms with Crippen LogP contribution in [-0.4, -0.2) is 66.4 Å². The molecule has 3 N–H and O–H groups in total. The first-order chi connectivity index (χ1) is 9.54. The van der Waals surface area contributed by atoms with Crippen molar-refractivity contribution in [1.82, 2.24) is 15.5 Å². The Morgan fingerprint density at radius 1 is 1.40 bits per heavy atom. The third kappa shape index (κ3) is 3.61. The number of likely N-dealkylation sites (tertiary alicyclic amines) is 1. The van der Waals surface area contributed by atoms with Crippen molar-refractivity contribution >= 4 is 12.1 Å². The normalized spacial score (nSPS) is 22.1. The summed E-state index contributed by atoms with van der Waals surface area (Å²) in [6.07, 6.45) is 1.55. The highest BCUT2D eigenvalue weighted by atomic mass is 16.6. The average molecular weight is 285 g/mol. The van der Waals surface area contributed by atoms with E-state index >= 15 is 0 Å². The van der Waals surface area contributed by atoms with Gasteiger partial charge in [-0.1, -0.05) is 0 Å². The third-order valence-electron chi connectivity index (χ3n) is 3.95. The summed E-state index contributed by atoms with van der Waals surface area (Å²) in [5.41, 5.74) is -0.317. The SMILES string of the molecule is CCOC(=O)N1CCC(NC2(CC(=O)O)CNC2)CC1. The fourth-order valence-electron chi connectivity index (χ4n) is 2.85. The number of carboxylic acids is 1. The van der Waals surface area contributed by atoms with Crippen LogP contribution < -0.4 is 10.6 Å². The summed E-state index contributed by atoms with van der Waals surface area (Å²) in [7, 11) is 0. The zero-order valence-electron chi connectivity index (χ0n) is 11.9. The first-order valence-electron chi connectivity index (χ1n) is 7.16. The van der Waals surface area contributed by atoms with Crippen molar-refractivity contribution in [2.75, 3.05) is 32.8 Å². The molecule has 0 aromatic carbocycles. The summed E-state index contributed by atoms with van der Waals surface area (Å²) >= 11 is 0. The van der Waals surface area contributed by atoms with Crippen LogP contribution in [-0.2, 0) is 9.53 Å². The maximum atomic E-state index is 11.6. The molecule has 0 bridgehead atoms. The van der Waals surface area contributed by atoms with Gasteiger partial charge in [0.15, 0.2) is 0 Å². The lowest BCUT2D eigenvalue weighted by Gasteiger charge is -2.46. The lowest BCUT2D eigenvalue weighted by atomic mass is 9.86. The van der Waals surface area contributed by atoms with E-state index in [9.17, 15) is 9.59 Å². The number of ether oxygens (including phenoxy) is 1. The Morgan fingerprint density at radius 3 is 2.50 bits per heavy atom. The third-order valence-corrected chi connectivity index (χ3v) is 3.95. The first-order valence-corrected chi connectivity index (χ1v) is 7.16. The molecule has 1 amide bonds. The van der Waals surface area contributed by atoms with Crippen molar-refractivity contribution in [3.63, 3.8) is 0 Å². The minimum Gasteiger partial charge on any atom is -0.481 e. The van der Waals surface area contributed by atoms with Gasteiger partial charge >= 0.3 is 12.1 Å². The summed E-state index contributed by atoms with van der Waals surface area (Å²) in [4.78, 5) is 24.2. The summed E-state index contributed by atoms with van der Waals surface area (Å²) in [5.74, 6) is -0.775. The first kappa shape index (κ1) is 15.1. The predicted octanol–water partition coefficient (Wildman–Crippen LogP) is 0.0136. The van der Waals surface area contributed by atoms with Crippen LogP contribution in [0.5, 0.6) is 0 Å². The second-order valence-electron chi connectivity index (χ2n) is 5.56. The molecule has 20 heavy (non-hydrogen) atoms. The number of hydrogen-bond donors (Lipinski definition) is 3. The molecule has 114 valence electrons. The summed E-state index contributed by atoms with van der Waals surface area (Å²) in [5, 5.41) is 15.6. The molecule has 0 aromatic heterocycles. The number of amides is 1. The molecule has 2 aliphatic heterocycles. The standard InChI is InChI=1S/C13H23N3O4/c1-2-20-12(19)16-5-3-10(4-6-16)15-13(7-11(17)18)8-14-9-13/h10,14-15H,2-9H2,1H3,(H,17,18). The molecule has 0 spiro atoms. The average Bonchev–Trinajstić information content (AvgIpc) is 2.36. The van der Waals surface area contributed by atoms with Gasteiger partial charge in [0, 0.05) is 32.2 Å². The topological polar surface area (TPSA) is 90.9 Å². The Hall–Kier alpha value is -1.34. The second-order valence-corrected chi connectivity index (χ2v) is 5.56. The van der Waals surface area contributed by atoms with E-state index in [2.05, 4.69) is 10.6 Å². The van der Waals surface area contributed by atoms with Crippen LogP contribution in [0.3, 0.4) is 0 Å². The van der Waals surface area contributed by atoms with Gasteiger partial charge in [0.25, 0.3) is 0 Å². The van der Waals surface area contributed by atoms with E-state index in [0.29, 0.717) is 32.8 Å². The zero-order chi connectivity index (χ0) is 14.6. The van der Waals surface area contributed by atoms with E-state index in [-0.39, 0.29) is 24.1 Å². The van der Waals surface area contributed by atoms with Crippen molar-refractivity contribution in [2.45, 2.75) is 37.8 Å². The van der Waals surface area contributed by atoms with E-state index in [0.717, 1.165) is 12.8 Å². The summed E-state index contributed by atoms with van der Waals surface area (Å²) in [6, 6.07) is 0.266. The molecular weight excluding hydrogens is 262 g/mol. The van der Waals surface area contributed by atoms with Crippen LogP contribution in [0.4, 0.5) is 4.79 Å². The maximum Gasteiger partial charge on any atom is 0.409 e. The van der Waals surface area contributed by atoms with E-state index in [1.54, 1.807) is 11.8 Å². The van der Waals surface area contributed by atoms with Crippen LogP contribution in [0.25, 0.3) is 0 Å². The fourth-order valence-corrected chi connectivity index (χ4v) is 2.85. The Bertz CT molecular complexity index is 363. The number of rotatable bonds is 5. The lowest BCUT2D eigenvalue weighted by Crippen LogP contribution is -2.71. The molecule has 0 unspecified atom stereocenters. The lowest BCUT2D eigenvalue weighted by molar-refractivity contribution is -0.139. The number of nitrogens with zero attached hydrogens (tertiary/aromatic N) is 1. The Balaban J connectivity index is 1.79. The van der Waals surface area contributed by atoms with Gasteiger partial charge < -0.3 is 25.4 Å². The van der Waals surface area contributed by atoms with E-state index in [1.165, 1.54) is 0 Å². The Kier molecular flexibility index (Phi) is 4.82. The van der Waals surface area contributed by atoms with E-state index in [1.807, 2.05) is 0 Å². The highest BCUT2D eigenvalue weighted by Gasteiger charge is 2.41. The quantitative estimate of drug-likeness (QED) is 0.659. The van der Waals surface area contributed by atoms with Crippen LogP contribution in [0.15, 0.2) is 0 Å². The van der Waals surface area contributed by atoms with Crippen molar-refractivity contribution < 1.29 is 19.4 Å². The van der Waals surface area contributed by atoms with Crippen molar-refractivity contribution in [2.24, 2.45) is 0 Å². The summed E-state index contributed by atoms with van der Waals surface area (Å²) < 4.78 is 4.98. The molecule has 7 heteroatoms. The van der Waals surface area contributed by atoms with Gasteiger partial charge in [-0.2, -0.15) is 0 Å². The van der Waals surface area contributed by atoms with Crippen LogP contribution in [0.1, 0.15) is 26.2 Å². The molecule has 2 saturated heterocycles. The highest BCUT2D eigenvalue weighted by molar-refractivity contribution is 5.69. The van der Waals surface area contributed by atoms with Gasteiger partial charge in [-0.05, 0) is 19.8 Å². The van der Waals surface area contributed by atoms with Crippen molar-refractivity contribution in [1.29, 1.82) is 0 Å². The molecular formula is C13H23N3O4. The van der Waals surface area contributed by atoms with E-state index < -0.39 is 5.97 Å². The predicted molar refractivity (Wildman–Crippen MR) is 72.6 cm³/mol. The Morgan fingerprint density at radius 2 is 2.05 bits per heavy atom. The monoisotopic (exact) mass is 285 g/mol. The molecule has 2 rings (SSSR count). The van der Waals surface area contributed by atoms with Crippen LogP contribution in [0, 0.1) is 0 Å². The highest BCUT2D eigenvalue weighted by Crippen LogP contribution is 2.21. The smallest absolute Gasteiger partial charge is 0.409 e. The molecule has 0 atom stereocenters. The van der Waals surface area contributed by atoms with Gasteiger partial charge in [-0.25, -0.2) is 4.79 Å². The van der Waals surface area contributed by atoms with Crippen LogP contribution in [0.2, 0.25) is 0 Å². The molecule has 2 fully saturated rings. The van der Waals surface area contributed by atoms with Gasteiger partial charge in [-0.3, -0.25) is 4.79 Å². The minimum atomic E-state index is -0.775. The van der Waals surface area contributed by atoms with Gasteiger partial charge in [0.2, 0.25) is 0 Å². The number of aliphatic carboxylic acids is 1. The molecule has 7 nitrogen and oxygen atoms in total. The number of piperidine rings is 1. The minimum absolute atomic E-state index is 0.137. The fraction of sp³-hybridized carbons (Fsp3) is 0.846. The molecule has 0 saturated carbocycles. The van der Waals surface area contributed by atoms with E-state index in [4.69, 9.17) is 9.84 Å². The second kappa shape index (κ2) is 6.41. The number of carbonyl (C=O) groups is 2. The van der Waals surface area contributed by atoms with Crippen molar-refractivity contribution in [3.05, 3.63) is 0 Å². The molecule has 2 heterocycles. The summed E-state index contributed by atoms with van der Waals surface area (Å²) in [6.45, 7) is 4.89. The number of hydrogen-bond acceptors (Lipinski definition) is 5. The number of carbonyl (C=O) groups excluding carboxylic acids is 1. The molecule has 2 aliphatic rings. The molecule has 0 aromatic rings. The number of carboxylic acid groups (broad SMARTS) is 1. The van der Waals surface area contributed by atoms with Gasteiger partial charge in [-0.15, -0.1) is 0 Å². The Labute approximate surface area is 118 Å². The molecule has 0 radical (unpaired) electrons. The largest absolute Gasteiger partial charge is 0.481 e. The maximum absolute atomic E-state index is 11.6. The van der Waals surface area contributed by atoms with Gasteiger partial charge in [0.1, 0.15) is 0 Å². The number of nitrogens with one attached hydrogen (secondary N) is 2. The molecule has 0 aliphatic carbocycles. The van der Waals surface area contributed by atoms with Crippen molar-refractivity contribution in [3.8, 4) is 0 Å².